The maximum absolute atomic E-state index is 11.5. The summed E-state index contributed by atoms with van der Waals surface area (Å²) in [6.07, 6.45) is 1.05. The van der Waals surface area contributed by atoms with E-state index in [0.717, 1.165) is 0 Å². The molecule has 0 aromatic carbocycles. The van der Waals surface area contributed by atoms with Gasteiger partial charge in [-0.05, 0) is 5.92 Å². The van der Waals surface area contributed by atoms with Gasteiger partial charge in [0.1, 0.15) is 0 Å². The van der Waals surface area contributed by atoms with E-state index in [1.54, 1.807) is 7.05 Å². The van der Waals surface area contributed by atoms with E-state index in [1.807, 2.05) is 13.0 Å². The minimum absolute atomic E-state index is 0.0543. The molecule has 0 rings (SSSR count). The minimum Gasteiger partial charge on any atom is -0.481 e. The van der Waals surface area contributed by atoms with Crippen molar-refractivity contribution in [3.63, 3.8) is 0 Å². The third-order valence-corrected chi connectivity index (χ3v) is 2.49. The Morgan fingerprint density at radius 3 is 2.65 bits per heavy atom. The fourth-order valence-corrected chi connectivity index (χ4v) is 1.29. The Morgan fingerprint density at radius 2 is 2.18 bits per heavy atom. The Labute approximate surface area is 101 Å². The van der Waals surface area contributed by atoms with E-state index in [2.05, 4.69) is 5.32 Å². The van der Waals surface area contributed by atoms with Crippen LogP contribution in [0, 0.1) is 17.2 Å². The lowest BCUT2D eigenvalue weighted by molar-refractivity contribution is -0.138. The van der Waals surface area contributed by atoms with Gasteiger partial charge in [0.15, 0.2) is 0 Å². The van der Waals surface area contributed by atoms with Crippen molar-refractivity contribution in [2.24, 2.45) is 5.92 Å². The van der Waals surface area contributed by atoms with Gasteiger partial charge in [-0.3, -0.25) is 4.79 Å². The monoisotopic (exact) mass is 241 g/mol. The third-order valence-electron chi connectivity index (χ3n) is 2.49. The highest BCUT2D eigenvalue weighted by Crippen LogP contribution is 2.06. The molecule has 1 unspecified atom stereocenters. The Hall–Kier alpha value is -1.77. The van der Waals surface area contributed by atoms with Gasteiger partial charge in [0.05, 0.1) is 12.5 Å². The Morgan fingerprint density at radius 1 is 1.53 bits per heavy atom. The fourth-order valence-electron chi connectivity index (χ4n) is 1.29. The van der Waals surface area contributed by atoms with E-state index in [-0.39, 0.29) is 24.8 Å². The van der Waals surface area contributed by atoms with Crippen LogP contribution in [-0.2, 0) is 4.79 Å². The molecule has 1 atom stereocenters. The summed E-state index contributed by atoms with van der Waals surface area (Å²) in [6.45, 7) is 2.61. The molecule has 0 radical (unpaired) electrons. The molecule has 96 valence electrons. The van der Waals surface area contributed by atoms with E-state index in [9.17, 15) is 9.59 Å². The quantitative estimate of drug-likeness (QED) is 0.696. The van der Waals surface area contributed by atoms with E-state index >= 15 is 0 Å². The molecular formula is C11H19N3O3. The summed E-state index contributed by atoms with van der Waals surface area (Å²) in [5.41, 5.74) is 0. The highest BCUT2D eigenvalue weighted by atomic mass is 16.4. The van der Waals surface area contributed by atoms with Crippen molar-refractivity contribution in [2.75, 3.05) is 20.1 Å². The zero-order chi connectivity index (χ0) is 13.3. The molecule has 2 N–H and O–H groups in total. The molecule has 0 aliphatic carbocycles. The standard InChI is InChI=1S/C11H19N3O3/c1-3-9(7-10(15)16)8-13-11(17)14(2)6-4-5-12/h9H,3-4,6-8H2,1-2H3,(H,13,17)(H,15,16). The van der Waals surface area contributed by atoms with E-state index in [1.165, 1.54) is 4.90 Å². The Kier molecular flexibility index (Phi) is 7.52. The number of hydrogen-bond acceptors (Lipinski definition) is 3. The molecule has 0 heterocycles. The lowest BCUT2D eigenvalue weighted by atomic mass is 10.0. The minimum atomic E-state index is -0.857. The van der Waals surface area contributed by atoms with Gasteiger partial charge >= 0.3 is 12.0 Å². The highest BCUT2D eigenvalue weighted by molar-refractivity contribution is 5.74. The van der Waals surface area contributed by atoms with Gasteiger partial charge in [0.25, 0.3) is 0 Å². The number of carboxylic acid groups (broad SMARTS) is 1. The van der Waals surface area contributed by atoms with Crippen LogP contribution in [0.25, 0.3) is 0 Å². The zero-order valence-corrected chi connectivity index (χ0v) is 10.3. The third kappa shape index (κ3) is 7.17. The van der Waals surface area contributed by atoms with Gasteiger partial charge in [0, 0.05) is 26.6 Å². The predicted octanol–water partition coefficient (Wildman–Crippen LogP) is 1.04. The summed E-state index contributed by atoms with van der Waals surface area (Å²) in [5, 5.41) is 19.7. The molecule has 0 aromatic rings. The number of nitrogens with zero attached hydrogens (tertiary/aromatic N) is 2. The second kappa shape index (κ2) is 8.39. The van der Waals surface area contributed by atoms with Crippen molar-refractivity contribution < 1.29 is 14.7 Å². The molecule has 0 fully saturated rings. The predicted molar refractivity (Wildman–Crippen MR) is 62.3 cm³/mol. The number of urea groups is 1. The molecule has 0 aliphatic rings. The largest absolute Gasteiger partial charge is 0.481 e. The van der Waals surface area contributed by atoms with Gasteiger partial charge in [-0.1, -0.05) is 13.3 Å². The van der Waals surface area contributed by atoms with Crippen molar-refractivity contribution in [2.45, 2.75) is 26.2 Å². The first kappa shape index (κ1) is 15.2. The average molecular weight is 241 g/mol. The number of nitrogens with one attached hydrogen (secondary N) is 1. The molecule has 0 aromatic heterocycles. The number of aliphatic carboxylic acids is 1. The molecule has 6 nitrogen and oxygen atoms in total. The first-order valence-corrected chi connectivity index (χ1v) is 5.59. The number of amides is 2. The lowest BCUT2D eigenvalue weighted by Gasteiger charge is -2.19. The van der Waals surface area contributed by atoms with Crippen LogP contribution in [-0.4, -0.2) is 42.1 Å². The average Bonchev–Trinajstić information content (AvgIpc) is 2.30. The van der Waals surface area contributed by atoms with E-state index in [4.69, 9.17) is 10.4 Å². The summed E-state index contributed by atoms with van der Waals surface area (Å²) >= 11 is 0. The molecule has 0 spiro atoms. The first-order valence-electron chi connectivity index (χ1n) is 5.59. The lowest BCUT2D eigenvalue weighted by Crippen LogP contribution is -2.40. The molecule has 0 aliphatic heterocycles. The zero-order valence-electron chi connectivity index (χ0n) is 10.3. The number of carbonyl (C=O) groups is 2. The highest BCUT2D eigenvalue weighted by Gasteiger charge is 2.14. The van der Waals surface area contributed by atoms with Crippen LogP contribution in [0.15, 0.2) is 0 Å². The van der Waals surface area contributed by atoms with E-state index in [0.29, 0.717) is 19.5 Å². The van der Waals surface area contributed by atoms with Gasteiger partial charge in [-0.2, -0.15) is 5.26 Å². The van der Waals surface area contributed by atoms with Crippen LogP contribution >= 0.6 is 0 Å². The van der Waals surface area contributed by atoms with Crippen LogP contribution in [0.4, 0.5) is 4.79 Å². The Bertz CT molecular complexity index is 299. The maximum Gasteiger partial charge on any atom is 0.317 e. The van der Waals surface area contributed by atoms with Crippen LogP contribution in [0.1, 0.15) is 26.2 Å². The van der Waals surface area contributed by atoms with Gasteiger partial charge < -0.3 is 15.3 Å². The molecule has 0 saturated heterocycles. The molecule has 0 bridgehead atoms. The van der Waals surface area contributed by atoms with Gasteiger partial charge in [-0.25, -0.2) is 4.79 Å². The number of carbonyl (C=O) groups excluding carboxylic acids is 1. The SMILES string of the molecule is CCC(CNC(=O)N(C)CCC#N)CC(=O)O. The smallest absolute Gasteiger partial charge is 0.317 e. The molecule has 6 heteroatoms. The number of rotatable bonds is 7. The van der Waals surface area contributed by atoms with Crippen molar-refractivity contribution >= 4 is 12.0 Å². The van der Waals surface area contributed by atoms with Crippen molar-refractivity contribution in [3.05, 3.63) is 0 Å². The number of nitriles is 1. The maximum atomic E-state index is 11.5. The summed E-state index contributed by atoms with van der Waals surface area (Å²) in [6, 6.07) is 1.68. The fraction of sp³-hybridized carbons (Fsp3) is 0.727. The summed E-state index contributed by atoms with van der Waals surface area (Å²) in [7, 11) is 1.60. The molecule has 2 amide bonds. The summed E-state index contributed by atoms with van der Waals surface area (Å²) in [5.74, 6) is -0.912. The second-order valence-electron chi connectivity index (χ2n) is 3.89. The number of carboxylic acids is 1. The van der Waals surface area contributed by atoms with Gasteiger partial charge in [-0.15, -0.1) is 0 Å². The van der Waals surface area contributed by atoms with Crippen molar-refractivity contribution in [3.8, 4) is 6.07 Å². The molecule has 17 heavy (non-hydrogen) atoms. The van der Waals surface area contributed by atoms with Crippen LogP contribution in [0.5, 0.6) is 0 Å². The topological polar surface area (TPSA) is 93.4 Å². The summed E-state index contributed by atoms with van der Waals surface area (Å²) < 4.78 is 0. The number of hydrogen-bond donors (Lipinski definition) is 2. The van der Waals surface area contributed by atoms with Crippen LogP contribution in [0.2, 0.25) is 0 Å². The van der Waals surface area contributed by atoms with Crippen LogP contribution < -0.4 is 5.32 Å². The molecular weight excluding hydrogens is 222 g/mol. The van der Waals surface area contributed by atoms with Crippen molar-refractivity contribution in [1.82, 2.24) is 10.2 Å². The second-order valence-corrected chi connectivity index (χ2v) is 3.89. The van der Waals surface area contributed by atoms with Crippen molar-refractivity contribution in [1.29, 1.82) is 5.26 Å². The molecule has 0 saturated carbocycles. The van der Waals surface area contributed by atoms with Gasteiger partial charge in [0.2, 0.25) is 0 Å². The van der Waals surface area contributed by atoms with Crippen LogP contribution in [0.3, 0.4) is 0 Å². The van der Waals surface area contributed by atoms with E-state index < -0.39 is 5.97 Å². The Balaban J connectivity index is 3.95. The summed E-state index contributed by atoms with van der Waals surface area (Å²) in [4.78, 5) is 23.5. The normalized spacial score (nSPS) is 11.4. The first-order chi connectivity index (χ1) is 8.01.